The van der Waals surface area contributed by atoms with Gasteiger partial charge in [-0.1, -0.05) is 47.7 Å². The molecule has 0 unspecified atom stereocenters. The summed E-state index contributed by atoms with van der Waals surface area (Å²) in [5.41, 5.74) is 1.90. The maximum absolute atomic E-state index is 14.1. The standard InChI is InChI=1S/C32H30N4O6S/c1-3-39-31(38)27-28(20-7-5-4-6-8-20)33-32-36(29(27)21-9-11-23-24(17-21)41-19-40-23)30(37)25(43-32)18-22-10-12-26(42-22)35-15-13-34(2)14-16-35/h4-12,17-18,29H,3,13-16,19H2,1-2H3/p+1/b25-18+/t29-/m0/s1. The van der Waals surface area contributed by atoms with Crippen LogP contribution >= 0.6 is 11.3 Å². The fourth-order valence-corrected chi connectivity index (χ4v) is 6.65. The van der Waals surface area contributed by atoms with E-state index in [-0.39, 0.29) is 24.5 Å². The summed E-state index contributed by atoms with van der Waals surface area (Å²) in [7, 11) is 2.19. The van der Waals surface area contributed by atoms with Crippen molar-refractivity contribution in [2.24, 2.45) is 4.99 Å². The zero-order chi connectivity index (χ0) is 29.5. The zero-order valence-corrected chi connectivity index (χ0v) is 24.7. The SMILES string of the molecule is CCOC(=O)C1=C(c2ccccc2)N=c2s/c(=C/c3ccc(N4CC[NH+](C)CC4)o3)c(=O)n2[C@H]1c1ccc2c(c1)OCO2. The highest BCUT2D eigenvalue weighted by Gasteiger charge is 2.36. The fourth-order valence-electron chi connectivity index (χ4n) is 5.67. The van der Waals surface area contributed by atoms with Gasteiger partial charge in [0.25, 0.3) is 5.56 Å². The lowest BCUT2D eigenvalue weighted by atomic mass is 9.93. The van der Waals surface area contributed by atoms with Gasteiger partial charge < -0.3 is 28.4 Å². The number of quaternary nitrogens is 1. The molecule has 0 radical (unpaired) electrons. The average molecular weight is 600 g/mol. The molecule has 7 rings (SSSR count). The first kappa shape index (κ1) is 27.2. The van der Waals surface area contributed by atoms with Crippen LogP contribution in [0.4, 0.5) is 5.88 Å². The van der Waals surface area contributed by atoms with E-state index >= 15 is 0 Å². The molecule has 11 heteroatoms. The molecule has 0 saturated carbocycles. The second kappa shape index (κ2) is 11.2. The van der Waals surface area contributed by atoms with Crippen LogP contribution in [0.1, 0.15) is 29.9 Å². The number of carbonyl (C=O) groups is 1. The van der Waals surface area contributed by atoms with E-state index in [2.05, 4.69) is 11.9 Å². The Labute approximate surface area is 251 Å². The van der Waals surface area contributed by atoms with E-state index in [0.717, 1.165) is 37.6 Å². The van der Waals surface area contributed by atoms with Gasteiger partial charge in [0.05, 0.1) is 61.7 Å². The van der Waals surface area contributed by atoms with Crippen LogP contribution in [0.2, 0.25) is 0 Å². The van der Waals surface area contributed by atoms with Crippen LogP contribution in [0, 0.1) is 0 Å². The highest BCUT2D eigenvalue weighted by atomic mass is 32.1. The molecule has 0 bridgehead atoms. The molecule has 10 nitrogen and oxygen atoms in total. The first-order valence-electron chi connectivity index (χ1n) is 14.3. The maximum atomic E-state index is 14.1. The Hall–Kier alpha value is -4.61. The van der Waals surface area contributed by atoms with Crippen LogP contribution in [-0.4, -0.2) is 57.2 Å². The molecule has 1 saturated heterocycles. The number of rotatable bonds is 6. The van der Waals surface area contributed by atoms with Crippen LogP contribution in [0.5, 0.6) is 11.5 Å². The number of esters is 1. The molecule has 2 aromatic heterocycles. The Balaban J connectivity index is 1.39. The van der Waals surface area contributed by atoms with Crippen molar-refractivity contribution in [1.29, 1.82) is 0 Å². The van der Waals surface area contributed by atoms with Crippen molar-refractivity contribution in [1.82, 2.24) is 4.57 Å². The molecular weight excluding hydrogens is 568 g/mol. The van der Waals surface area contributed by atoms with Crippen molar-refractivity contribution < 1.29 is 28.3 Å². The van der Waals surface area contributed by atoms with Crippen molar-refractivity contribution in [3.8, 4) is 11.5 Å². The fraction of sp³-hybridized carbons (Fsp3) is 0.281. The number of anilines is 1. The van der Waals surface area contributed by atoms with Gasteiger partial charge >= 0.3 is 5.97 Å². The summed E-state index contributed by atoms with van der Waals surface area (Å²) < 4.78 is 24.9. The zero-order valence-electron chi connectivity index (χ0n) is 23.9. The molecule has 43 heavy (non-hydrogen) atoms. The molecule has 4 aromatic rings. The molecule has 0 spiro atoms. The molecule has 3 aliphatic heterocycles. The van der Waals surface area contributed by atoms with Gasteiger partial charge in [-0.2, -0.15) is 0 Å². The number of nitrogens with one attached hydrogen (secondary N) is 1. The van der Waals surface area contributed by atoms with Crippen LogP contribution in [0.25, 0.3) is 11.8 Å². The molecule has 220 valence electrons. The first-order valence-corrected chi connectivity index (χ1v) is 15.2. The second-order valence-electron chi connectivity index (χ2n) is 10.7. The molecule has 0 aliphatic carbocycles. The van der Waals surface area contributed by atoms with Crippen molar-refractivity contribution in [3.63, 3.8) is 0 Å². The Morgan fingerprint density at radius 2 is 1.88 bits per heavy atom. The Morgan fingerprint density at radius 3 is 2.67 bits per heavy atom. The van der Waals surface area contributed by atoms with Gasteiger partial charge in [-0.15, -0.1) is 0 Å². The number of aromatic nitrogens is 1. The van der Waals surface area contributed by atoms with Gasteiger partial charge in [0.15, 0.2) is 22.2 Å². The van der Waals surface area contributed by atoms with Gasteiger partial charge in [-0.25, -0.2) is 9.79 Å². The number of nitrogens with zero attached hydrogens (tertiary/aromatic N) is 3. The third-order valence-electron chi connectivity index (χ3n) is 7.90. The molecule has 0 amide bonds. The topological polar surface area (TPSA) is 99.9 Å². The highest BCUT2D eigenvalue weighted by molar-refractivity contribution is 7.07. The second-order valence-corrected chi connectivity index (χ2v) is 11.7. The number of hydrogen-bond donors (Lipinski definition) is 1. The molecule has 5 heterocycles. The van der Waals surface area contributed by atoms with Gasteiger partial charge in [-0.3, -0.25) is 9.36 Å². The van der Waals surface area contributed by atoms with Crippen molar-refractivity contribution in [2.45, 2.75) is 13.0 Å². The van der Waals surface area contributed by atoms with E-state index in [1.807, 2.05) is 54.6 Å². The number of likely N-dealkylation sites (N-methyl/N-ethyl adjacent to an activating group) is 1. The summed E-state index contributed by atoms with van der Waals surface area (Å²) in [5.74, 6) is 2.00. The summed E-state index contributed by atoms with van der Waals surface area (Å²) in [5, 5.41) is 0. The quantitative estimate of drug-likeness (QED) is 0.336. The molecular formula is C32H31N4O6S+. The lowest BCUT2D eigenvalue weighted by Crippen LogP contribution is -3.12. The Kier molecular flexibility index (Phi) is 7.12. The minimum absolute atomic E-state index is 0.109. The number of hydrogen-bond acceptors (Lipinski definition) is 9. The number of carbonyl (C=O) groups excluding carboxylic acids is 1. The number of ether oxygens (including phenoxy) is 3. The first-order chi connectivity index (χ1) is 21.0. The number of thiazole rings is 1. The van der Waals surface area contributed by atoms with E-state index in [0.29, 0.717) is 37.9 Å². The largest absolute Gasteiger partial charge is 0.463 e. The summed E-state index contributed by atoms with van der Waals surface area (Å²) >= 11 is 1.26. The summed E-state index contributed by atoms with van der Waals surface area (Å²) in [4.78, 5) is 36.9. The van der Waals surface area contributed by atoms with E-state index in [1.165, 1.54) is 16.2 Å². The number of benzene rings is 2. The highest BCUT2D eigenvalue weighted by Crippen LogP contribution is 2.40. The number of furan rings is 1. The Bertz CT molecular complexity index is 1900. The monoisotopic (exact) mass is 599 g/mol. The maximum Gasteiger partial charge on any atom is 0.338 e. The summed E-state index contributed by atoms with van der Waals surface area (Å²) in [6, 6.07) is 18.0. The molecule has 3 aliphatic rings. The van der Waals surface area contributed by atoms with E-state index in [1.54, 1.807) is 23.6 Å². The van der Waals surface area contributed by atoms with Gasteiger partial charge in [0, 0.05) is 17.7 Å². The van der Waals surface area contributed by atoms with Crippen LogP contribution in [-0.2, 0) is 9.53 Å². The third-order valence-corrected chi connectivity index (χ3v) is 8.88. The minimum atomic E-state index is -0.804. The smallest absolute Gasteiger partial charge is 0.338 e. The van der Waals surface area contributed by atoms with Crippen molar-refractivity contribution in [2.75, 3.05) is 51.5 Å². The van der Waals surface area contributed by atoms with Gasteiger partial charge in [-0.05, 0) is 30.7 Å². The molecule has 1 N–H and O–H groups in total. The third kappa shape index (κ3) is 5.04. The van der Waals surface area contributed by atoms with Gasteiger partial charge in [0.2, 0.25) is 6.79 Å². The van der Waals surface area contributed by atoms with E-state index in [9.17, 15) is 9.59 Å². The number of fused-ring (bicyclic) bond motifs is 2. The van der Waals surface area contributed by atoms with Crippen molar-refractivity contribution >= 4 is 35.0 Å². The average Bonchev–Trinajstić information content (AvgIpc) is 3.76. The molecule has 2 aromatic carbocycles. The summed E-state index contributed by atoms with van der Waals surface area (Å²) in [6.07, 6.45) is 1.75. The minimum Gasteiger partial charge on any atom is -0.463 e. The van der Waals surface area contributed by atoms with Crippen LogP contribution in [0.15, 0.2) is 80.4 Å². The van der Waals surface area contributed by atoms with Crippen molar-refractivity contribution in [3.05, 3.63) is 103 Å². The van der Waals surface area contributed by atoms with Gasteiger partial charge in [0.1, 0.15) is 5.76 Å². The predicted octanol–water partition coefficient (Wildman–Crippen LogP) is 1.59. The van der Waals surface area contributed by atoms with E-state index < -0.39 is 12.0 Å². The molecule has 1 atom stereocenters. The lowest BCUT2D eigenvalue weighted by molar-refractivity contribution is -0.880. The summed E-state index contributed by atoms with van der Waals surface area (Å²) in [6.45, 7) is 5.95. The van der Waals surface area contributed by atoms with Crippen LogP contribution in [0.3, 0.4) is 0 Å². The molecule has 1 fully saturated rings. The normalized spacial score (nSPS) is 18.5. The Morgan fingerprint density at radius 1 is 1.09 bits per heavy atom. The number of piperazine rings is 1. The predicted molar refractivity (Wildman–Crippen MR) is 161 cm³/mol. The van der Waals surface area contributed by atoms with Crippen LogP contribution < -0.4 is 34.2 Å². The lowest BCUT2D eigenvalue weighted by Gasteiger charge is -2.29. The van der Waals surface area contributed by atoms with E-state index in [4.69, 9.17) is 23.6 Å².